The predicted octanol–water partition coefficient (Wildman–Crippen LogP) is 4.16. The average molecular weight is 508 g/mol. The molecule has 2 heterocycles. The molecule has 168 valence electrons. The molecule has 2 aromatic heterocycles. The molecule has 0 aliphatic carbocycles. The van der Waals surface area contributed by atoms with Gasteiger partial charge < -0.3 is 5.11 Å². The summed E-state index contributed by atoms with van der Waals surface area (Å²) >= 11 is 3.46. The fourth-order valence-electron chi connectivity index (χ4n) is 3.66. The van der Waals surface area contributed by atoms with Crippen LogP contribution in [-0.2, 0) is 0 Å². The summed E-state index contributed by atoms with van der Waals surface area (Å²) in [5.74, 6) is -0.483. The summed E-state index contributed by atoms with van der Waals surface area (Å²) < 4.78 is 3.72. The summed E-state index contributed by atoms with van der Waals surface area (Å²) in [6.07, 6.45) is 1.26. The summed E-state index contributed by atoms with van der Waals surface area (Å²) in [5.41, 5.74) is 3.48. The zero-order valence-electron chi connectivity index (χ0n) is 18.5. The van der Waals surface area contributed by atoms with Gasteiger partial charge in [0, 0.05) is 10.7 Å². The van der Waals surface area contributed by atoms with Gasteiger partial charge in [-0.1, -0.05) is 34.1 Å². The lowest BCUT2D eigenvalue weighted by molar-refractivity contribution is 0.430. The van der Waals surface area contributed by atoms with E-state index in [4.69, 9.17) is 0 Å². The number of benzene rings is 2. The number of nitrogens with zero attached hydrogens (tertiary/aromatic N) is 4. The molecule has 4 aromatic rings. The first-order valence-corrected chi connectivity index (χ1v) is 11.0. The molecule has 0 amide bonds. The Morgan fingerprint density at radius 1 is 1.03 bits per heavy atom. The van der Waals surface area contributed by atoms with Crippen molar-refractivity contribution in [3.8, 4) is 17.3 Å². The van der Waals surface area contributed by atoms with Crippen LogP contribution in [0.3, 0.4) is 0 Å². The summed E-state index contributed by atoms with van der Waals surface area (Å²) in [4.78, 5) is 31.8. The molecule has 0 unspecified atom stereocenters. The molecule has 0 spiro atoms. The Balaban J connectivity index is 1.84. The zero-order valence-corrected chi connectivity index (χ0v) is 20.1. The molecular weight excluding hydrogens is 486 g/mol. The van der Waals surface area contributed by atoms with E-state index in [-0.39, 0.29) is 5.56 Å². The second-order valence-corrected chi connectivity index (χ2v) is 8.53. The van der Waals surface area contributed by atoms with Crippen LogP contribution in [0.15, 0.2) is 61.5 Å². The highest BCUT2D eigenvalue weighted by Gasteiger charge is 2.18. The fraction of sp³-hybridized carbons (Fsp3) is 0.167. The van der Waals surface area contributed by atoms with E-state index in [2.05, 4.69) is 31.0 Å². The molecule has 4 rings (SSSR count). The maximum Gasteiger partial charge on any atom is 0.335 e. The maximum atomic E-state index is 12.6. The van der Waals surface area contributed by atoms with Crippen molar-refractivity contribution in [1.82, 2.24) is 19.3 Å². The highest BCUT2D eigenvalue weighted by atomic mass is 79.9. The van der Waals surface area contributed by atoms with Gasteiger partial charge in [0.2, 0.25) is 5.88 Å². The lowest BCUT2D eigenvalue weighted by Crippen LogP contribution is -2.31. The van der Waals surface area contributed by atoms with E-state index >= 15 is 0 Å². The minimum atomic E-state index is -0.733. The van der Waals surface area contributed by atoms with Crippen molar-refractivity contribution in [2.45, 2.75) is 27.7 Å². The Morgan fingerprint density at radius 3 is 2.42 bits per heavy atom. The van der Waals surface area contributed by atoms with Crippen molar-refractivity contribution < 1.29 is 5.11 Å². The number of aromatic nitrogens is 4. The van der Waals surface area contributed by atoms with Gasteiger partial charge in [-0.25, -0.2) is 14.0 Å². The number of nitrogens with one attached hydrogen (secondary N) is 1. The molecule has 0 fully saturated rings. The molecule has 0 radical (unpaired) electrons. The number of aryl methyl sites for hydroxylation is 1. The largest absolute Gasteiger partial charge is 0.493 e. The average Bonchev–Trinajstić information content (AvgIpc) is 3.07. The molecule has 2 aromatic carbocycles. The van der Waals surface area contributed by atoms with Gasteiger partial charge in [-0.2, -0.15) is 5.10 Å². The molecule has 0 aliphatic heterocycles. The van der Waals surface area contributed by atoms with E-state index in [0.717, 1.165) is 31.5 Å². The molecule has 0 atom stereocenters. The SMILES string of the molecule is Cc1nn(-c2ccccc2)c(C)c1N=Cc1c(O)n(-c2ccc(Br)c(C)c2C)c(=O)[nH]c1=O. The number of hydrogen-bond donors (Lipinski definition) is 2. The van der Waals surface area contributed by atoms with E-state index in [1.165, 1.54) is 6.21 Å². The minimum Gasteiger partial charge on any atom is -0.493 e. The normalized spacial score (nSPS) is 11.4. The second kappa shape index (κ2) is 8.67. The maximum absolute atomic E-state index is 12.6. The monoisotopic (exact) mass is 507 g/mol. The minimum absolute atomic E-state index is 0.124. The van der Waals surface area contributed by atoms with Crippen LogP contribution >= 0.6 is 15.9 Å². The van der Waals surface area contributed by atoms with E-state index in [0.29, 0.717) is 17.1 Å². The molecular formula is C24H22BrN5O3. The Labute approximate surface area is 198 Å². The molecule has 0 bridgehead atoms. The van der Waals surface area contributed by atoms with Crippen molar-refractivity contribution in [3.63, 3.8) is 0 Å². The van der Waals surface area contributed by atoms with Gasteiger partial charge in [-0.3, -0.25) is 14.8 Å². The second-order valence-electron chi connectivity index (χ2n) is 7.67. The van der Waals surface area contributed by atoms with E-state index in [1.807, 2.05) is 58.0 Å². The van der Waals surface area contributed by atoms with E-state index in [9.17, 15) is 14.7 Å². The van der Waals surface area contributed by atoms with Crippen LogP contribution in [0, 0.1) is 27.7 Å². The highest BCUT2D eigenvalue weighted by Crippen LogP contribution is 2.28. The standard InChI is InChI=1S/C24H22BrN5O3/c1-13-14(2)20(11-10-19(13)25)29-23(32)18(22(31)27-24(29)33)12-26-21-15(3)28-30(16(21)4)17-8-6-5-7-9-17/h5-12,32H,1-4H3,(H,27,31,33). The van der Waals surface area contributed by atoms with Gasteiger partial charge in [0.15, 0.2) is 0 Å². The molecule has 0 aliphatic rings. The number of H-pyrrole nitrogens is 1. The van der Waals surface area contributed by atoms with Gasteiger partial charge >= 0.3 is 5.69 Å². The molecule has 8 nitrogen and oxygen atoms in total. The summed E-state index contributed by atoms with van der Waals surface area (Å²) in [7, 11) is 0. The number of rotatable bonds is 4. The van der Waals surface area contributed by atoms with E-state index < -0.39 is 17.1 Å². The first-order valence-electron chi connectivity index (χ1n) is 10.2. The Bertz CT molecular complexity index is 1510. The topological polar surface area (TPSA) is 105 Å². The smallest absolute Gasteiger partial charge is 0.335 e. The van der Waals surface area contributed by atoms with E-state index in [1.54, 1.807) is 16.8 Å². The lowest BCUT2D eigenvalue weighted by atomic mass is 10.1. The molecule has 2 N–H and O–H groups in total. The molecule has 9 heteroatoms. The lowest BCUT2D eigenvalue weighted by Gasteiger charge is -2.14. The van der Waals surface area contributed by atoms with Crippen LogP contribution in [0.2, 0.25) is 0 Å². The van der Waals surface area contributed by atoms with Crippen LogP contribution in [0.4, 0.5) is 5.69 Å². The number of aromatic amines is 1. The molecule has 0 saturated carbocycles. The van der Waals surface area contributed by atoms with Crippen LogP contribution in [0.25, 0.3) is 11.4 Å². The van der Waals surface area contributed by atoms with Crippen molar-refractivity contribution in [2.24, 2.45) is 4.99 Å². The van der Waals surface area contributed by atoms with Crippen LogP contribution < -0.4 is 11.2 Å². The van der Waals surface area contributed by atoms with Gasteiger partial charge in [0.1, 0.15) is 11.3 Å². The number of hydrogen-bond acceptors (Lipinski definition) is 5. The van der Waals surface area contributed by atoms with Crippen molar-refractivity contribution in [1.29, 1.82) is 0 Å². The number of aromatic hydroxyl groups is 1. The third-order valence-corrected chi connectivity index (χ3v) is 6.49. The molecule has 33 heavy (non-hydrogen) atoms. The highest BCUT2D eigenvalue weighted by molar-refractivity contribution is 9.10. The van der Waals surface area contributed by atoms with Crippen molar-refractivity contribution >= 4 is 27.8 Å². The summed E-state index contributed by atoms with van der Waals surface area (Å²) in [6, 6.07) is 13.1. The van der Waals surface area contributed by atoms with Crippen molar-refractivity contribution in [2.75, 3.05) is 0 Å². The van der Waals surface area contributed by atoms with Gasteiger partial charge in [0.05, 0.1) is 22.8 Å². The van der Waals surface area contributed by atoms with Crippen molar-refractivity contribution in [3.05, 3.63) is 95.9 Å². The quantitative estimate of drug-likeness (QED) is 0.404. The van der Waals surface area contributed by atoms with Crippen LogP contribution in [-0.4, -0.2) is 30.7 Å². The Kier molecular flexibility index (Phi) is 5.90. The number of aliphatic imine (C=N–C) groups is 1. The Hall–Kier alpha value is -3.72. The van der Waals surface area contributed by atoms with Gasteiger partial charge in [0.25, 0.3) is 5.56 Å². The zero-order chi connectivity index (χ0) is 23.9. The Morgan fingerprint density at radius 2 is 1.73 bits per heavy atom. The third kappa shape index (κ3) is 3.95. The van der Waals surface area contributed by atoms with Crippen LogP contribution in [0.5, 0.6) is 5.88 Å². The third-order valence-electron chi connectivity index (χ3n) is 5.63. The summed E-state index contributed by atoms with van der Waals surface area (Å²) in [6.45, 7) is 7.43. The number of para-hydroxylation sites is 1. The predicted molar refractivity (Wildman–Crippen MR) is 132 cm³/mol. The van der Waals surface area contributed by atoms with Gasteiger partial charge in [-0.05, 0) is 63.1 Å². The van der Waals surface area contributed by atoms with Gasteiger partial charge in [-0.15, -0.1) is 0 Å². The number of halogens is 1. The fourth-order valence-corrected chi connectivity index (χ4v) is 4.09. The first-order chi connectivity index (χ1) is 15.7. The summed E-state index contributed by atoms with van der Waals surface area (Å²) in [5, 5.41) is 15.4. The molecule has 0 saturated heterocycles. The first kappa shape index (κ1) is 22.5. The van der Waals surface area contributed by atoms with Crippen LogP contribution in [0.1, 0.15) is 28.1 Å².